The lowest BCUT2D eigenvalue weighted by molar-refractivity contribution is -0.147. The highest BCUT2D eigenvalue weighted by molar-refractivity contribution is 5.76. The number of esters is 2. The Balaban J connectivity index is 2.39. The molecule has 0 bridgehead atoms. The number of rotatable bonds is 4. The fraction of sp³-hybridized carbons (Fsp3) is 0.778. The lowest BCUT2D eigenvalue weighted by Crippen LogP contribution is -2.39. The maximum absolute atomic E-state index is 11.3. The van der Waals surface area contributed by atoms with E-state index in [2.05, 4.69) is 9.47 Å². The summed E-state index contributed by atoms with van der Waals surface area (Å²) in [4.78, 5) is 23.9. The molecular weight excluding hydrogens is 202 g/mol. The predicted octanol–water partition coefficient (Wildman–Crippen LogP) is -0.619. The smallest absolute Gasteiger partial charge is 0.325 e. The number of ether oxygens (including phenoxy) is 3. The third-order valence-corrected chi connectivity index (χ3v) is 2.28. The van der Waals surface area contributed by atoms with Crippen molar-refractivity contribution in [1.29, 1.82) is 0 Å². The summed E-state index contributed by atoms with van der Waals surface area (Å²) in [5.74, 6) is -0.636. The van der Waals surface area contributed by atoms with Crippen molar-refractivity contribution in [2.24, 2.45) is 0 Å². The molecular formula is C9H15NO5. The molecule has 0 aliphatic carbocycles. The Kier molecular flexibility index (Phi) is 4.51. The van der Waals surface area contributed by atoms with Crippen molar-refractivity contribution in [2.45, 2.75) is 12.5 Å². The van der Waals surface area contributed by atoms with Gasteiger partial charge in [-0.15, -0.1) is 0 Å². The molecule has 0 aromatic carbocycles. The molecule has 0 radical (unpaired) electrons. The van der Waals surface area contributed by atoms with Gasteiger partial charge in [0, 0.05) is 6.54 Å². The van der Waals surface area contributed by atoms with Gasteiger partial charge in [0.05, 0.1) is 34.0 Å². The largest absolute Gasteiger partial charge is 0.469 e. The number of carbonyl (C=O) groups is 2. The summed E-state index contributed by atoms with van der Waals surface area (Å²) >= 11 is 0. The fourth-order valence-corrected chi connectivity index (χ4v) is 1.39. The molecule has 1 rings (SSSR count). The summed E-state index contributed by atoms with van der Waals surface area (Å²) in [5, 5.41) is 0. The van der Waals surface area contributed by atoms with Crippen LogP contribution in [-0.2, 0) is 23.8 Å². The molecule has 0 spiro atoms. The number of hydrogen-bond acceptors (Lipinski definition) is 6. The van der Waals surface area contributed by atoms with E-state index in [1.165, 1.54) is 14.2 Å². The normalized spacial score (nSPS) is 21.3. The van der Waals surface area contributed by atoms with Gasteiger partial charge in [-0.2, -0.15) is 0 Å². The summed E-state index contributed by atoms with van der Waals surface area (Å²) in [5.41, 5.74) is 0. The molecule has 0 amide bonds. The second-order valence-electron chi connectivity index (χ2n) is 3.18. The second kappa shape index (κ2) is 5.67. The minimum absolute atomic E-state index is 0.243. The van der Waals surface area contributed by atoms with Crippen molar-refractivity contribution in [3.63, 3.8) is 0 Å². The topological polar surface area (TPSA) is 65.1 Å². The van der Waals surface area contributed by atoms with Crippen molar-refractivity contribution in [3.8, 4) is 0 Å². The Labute approximate surface area is 88.1 Å². The Bertz CT molecular complexity index is 243. The SMILES string of the molecule is COC(=O)CCN1COCC1C(=O)OC. The molecule has 0 aromatic heterocycles. The number of hydrogen-bond donors (Lipinski definition) is 0. The molecule has 1 saturated heterocycles. The molecule has 1 aliphatic rings. The van der Waals surface area contributed by atoms with Gasteiger partial charge in [-0.25, -0.2) is 0 Å². The van der Waals surface area contributed by atoms with E-state index in [1.54, 1.807) is 4.90 Å². The summed E-state index contributed by atoms with van der Waals surface area (Å²) in [6.45, 7) is 1.09. The Hall–Kier alpha value is -1.14. The second-order valence-corrected chi connectivity index (χ2v) is 3.18. The first kappa shape index (κ1) is 11.9. The molecule has 0 N–H and O–H groups in total. The molecule has 1 heterocycles. The van der Waals surface area contributed by atoms with Gasteiger partial charge in [-0.1, -0.05) is 0 Å². The van der Waals surface area contributed by atoms with Gasteiger partial charge < -0.3 is 14.2 Å². The number of nitrogens with zero attached hydrogens (tertiary/aromatic N) is 1. The predicted molar refractivity (Wildman–Crippen MR) is 50.0 cm³/mol. The summed E-state index contributed by atoms with van der Waals surface area (Å²) in [6.07, 6.45) is 0.243. The third kappa shape index (κ3) is 3.17. The van der Waals surface area contributed by atoms with E-state index in [1.807, 2.05) is 0 Å². The zero-order chi connectivity index (χ0) is 11.3. The van der Waals surface area contributed by atoms with Crippen LogP contribution in [-0.4, -0.2) is 57.0 Å². The van der Waals surface area contributed by atoms with E-state index < -0.39 is 6.04 Å². The third-order valence-electron chi connectivity index (χ3n) is 2.28. The molecule has 1 unspecified atom stereocenters. The van der Waals surface area contributed by atoms with Crippen LogP contribution in [0.5, 0.6) is 0 Å². The highest BCUT2D eigenvalue weighted by atomic mass is 16.5. The van der Waals surface area contributed by atoms with Crippen LogP contribution in [0.25, 0.3) is 0 Å². The van der Waals surface area contributed by atoms with Crippen molar-refractivity contribution in [3.05, 3.63) is 0 Å². The molecule has 0 saturated carbocycles. The Morgan fingerprint density at radius 2 is 2.13 bits per heavy atom. The highest BCUT2D eigenvalue weighted by Crippen LogP contribution is 2.11. The fourth-order valence-electron chi connectivity index (χ4n) is 1.39. The molecule has 6 heteroatoms. The molecule has 86 valence electrons. The van der Waals surface area contributed by atoms with Gasteiger partial charge in [0.25, 0.3) is 0 Å². The molecule has 1 atom stereocenters. The first-order valence-electron chi connectivity index (χ1n) is 4.65. The van der Waals surface area contributed by atoms with E-state index >= 15 is 0 Å². The van der Waals surface area contributed by atoms with E-state index in [0.717, 1.165) is 0 Å². The van der Waals surface area contributed by atoms with E-state index in [-0.39, 0.29) is 18.4 Å². The molecule has 15 heavy (non-hydrogen) atoms. The van der Waals surface area contributed by atoms with Gasteiger partial charge in [-0.3, -0.25) is 14.5 Å². The van der Waals surface area contributed by atoms with Crippen LogP contribution in [0.1, 0.15) is 6.42 Å². The number of carbonyl (C=O) groups excluding carboxylic acids is 2. The van der Waals surface area contributed by atoms with E-state index in [4.69, 9.17) is 4.74 Å². The van der Waals surface area contributed by atoms with Crippen molar-refractivity contribution in [1.82, 2.24) is 4.90 Å². The van der Waals surface area contributed by atoms with E-state index in [0.29, 0.717) is 19.9 Å². The first-order chi connectivity index (χ1) is 7.19. The van der Waals surface area contributed by atoms with Crippen LogP contribution in [0.15, 0.2) is 0 Å². The zero-order valence-electron chi connectivity index (χ0n) is 8.89. The summed E-state index contributed by atoms with van der Waals surface area (Å²) in [6, 6.07) is -0.403. The quantitative estimate of drug-likeness (QED) is 0.585. The van der Waals surface area contributed by atoms with Crippen LogP contribution >= 0.6 is 0 Å². The zero-order valence-corrected chi connectivity index (χ0v) is 8.89. The number of methoxy groups -OCH3 is 2. The van der Waals surface area contributed by atoms with Crippen LogP contribution in [0, 0.1) is 0 Å². The van der Waals surface area contributed by atoms with Crippen LogP contribution in [0.3, 0.4) is 0 Å². The van der Waals surface area contributed by atoms with Gasteiger partial charge in [-0.05, 0) is 0 Å². The molecule has 1 aliphatic heterocycles. The van der Waals surface area contributed by atoms with Crippen LogP contribution in [0.4, 0.5) is 0 Å². The van der Waals surface area contributed by atoms with Gasteiger partial charge in [0.2, 0.25) is 0 Å². The standard InChI is InChI=1S/C9H15NO5/c1-13-8(11)3-4-10-6-15-5-7(10)9(12)14-2/h7H,3-6H2,1-2H3. The van der Waals surface area contributed by atoms with Gasteiger partial charge >= 0.3 is 11.9 Å². The van der Waals surface area contributed by atoms with Crippen LogP contribution in [0.2, 0.25) is 0 Å². The van der Waals surface area contributed by atoms with E-state index in [9.17, 15) is 9.59 Å². The maximum atomic E-state index is 11.3. The van der Waals surface area contributed by atoms with Gasteiger partial charge in [0.1, 0.15) is 6.04 Å². The van der Waals surface area contributed by atoms with Crippen molar-refractivity contribution >= 4 is 11.9 Å². The van der Waals surface area contributed by atoms with Crippen molar-refractivity contribution < 1.29 is 23.8 Å². The highest BCUT2D eigenvalue weighted by Gasteiger charge is 2.32. The average Bonchev–Trinajstić information content (AvgIpc) is 2.72. The lowest BCUT2D eigenvalue weighted by Gasteiger charge is -2.19. The van der Waals surface area contributed by atoms with Crippen LogP contribution < -0.4 is 0 Å². The van der Waals surface area contributed by atoms with Gasteiger partial charge in [0.15, 0.2) is 0 Å². The minimum Gasteiger partial charge on any atom is -0.469 e. The molecule has 1 fully saturated rings. The first-order valence-corrected chi connectivity index (χ1v) is 4.65. The summed E-state index contributed by atoms with van der Waals surface area (Å²) < 4.78 is 14.3. The molecule has 6 nitrogen and oxygen atoms in total. The monoisotopic (exact) mass is 217 g/mol. The Morgan fingerprint density at radius 3 is 2.73 bits per heavy atom. The minimum atomic E-state index is -0.403. The van der Waals surface area contributed by atoms with Crippen molar-refractivity contribution in [2.75, 3.05) is 34.1 Å². The Morgan fingerprint density at radius 1 is 1.40 bits per heavy atom. The summed E-state index contributed by atoms with van der Waals surface area (Å²) in [7, 11) is 2.67. The molecule has 0 aromatic rings. The lowest BCUT2D eigenvalue weighted by atomic mass is 10.3. The average molecular weight is 217 g/mol. The maximum Gasteiger partial charge on any atom is 0.325 e.